The minimum Gasteiger partial charge on any atom is -0.350 e. The summed E-state index contributed by atoms with van der Waals surface area (Å²) in [7, 11) is 1.85. The number of benzene rings is 2. The molecular weight excluding hydrogens is 438 g/mol. The normalized spacial score (nSPS) is 17.0. The lowest BCUT2D eigenvalue weighted by molar-refractivity contribution is -0.120. The molecule has 2 aromatic carbocycles. The minimum absolute atomic E-state index is 0.00475. The van der Waals surface area contributed by atoms with Crippen molar-refractivity contribution in [1.29, 1.82) is 0 Å². The van der Waals surface area contributed by atoms with Gasteiger partial charge in [0.15, 0.2) is 0 Å². The van der Waals surface area contributed by atoms with Gasteiger partial charge in [0, 0.05) is 24.3 Å². The Morgan fingerprint density at radius 1 is 1.00 bits per heavy atom. The summed E-state index contributed by atoms with van der Waals surface area (Å²) < 4.78 is 0. The summed E-state index contributed by atoms with van der Waals surface area (Å²) in [6, 6.07) is 12.6. The van der Waals surface area contributed by atoms with Gasteiger partial charge in [0.2, 0.25) is 0 Å². The molecule has 6 nitrogen and oxygen atoms in total. The van der Waals surface area contributed by atoms with E-state index in [-0.39, 0.29) is 22.7 Å². The maximum Gasteiger partial charge on any atom is 0.283 e. The van der Waals surface area contributed by atoms with Crippen LogP contribution in [0.5, 0.6) is 0 Å². The zero-order chi connectivity index (χ0) is 23.7. The Balaban J connectivity index is 1.54. The van der Waals surface area contributed by atoms with Gasteiger partial charge in [-0.05, 0) is 68.1 Å². The molecule has 1 fully saturated rings. The van der Waals surface area contributed by atoms with Gasteiger partial charge in [0.1, 0.15) is 10.7 Å². The number of hydrogen-bond donors (Lipinski definition) is 1. The molecule has 172 valence electrons. The number of nitrogens with zero attached hydrogens (tertiary/aromatic N) is 2. The molecule has 0 atom stereocenters. The summed E-state index contributed by atoms with van der Waals surface area (Å²) in [5, 5.41) is 2.80. The lowest BCUT2D eigenvalue weighted by Crippen LogP contribution is -2.38. The lowest BCUT2D eigenvalue weighted by atomic mass is 9.94. The monoisotopic (exact) mass is 465 g/mol. The van der Waals surface area contributed by atoms with Gasteiger partial charge in [-0.2, -0.15) is 0 Å². The number of halogens is 1. The topological polar surface area (TPSA) is 69.7 Å². The third kappa shape index (κ3) is 4.53. The Kier molecular flexibility index (Phi) is 6.56. The van der Waals surface area contributed by atoms with Crippen LogP contribution in [-0.2, 0) is 9.59 Å². The van der Waals surface area contributed by atoms with Gasteiger partial charge < -0.3 is 10.2 Å². The summed E-state index contributed by atoms with van der Waals surface area (Å²) in [6.07, 6.45) is 5.55. The van der Waals surface area contributed by atoms with Crippen LogP contribution in [-0.4, -0.2) is 35.7 Å². The first-order chi connectivity index (χ1) is 15.8. The maximum absolute atomic E-state index is 13.1. The van der Waals surface area contributed by atoms with Crippen molar-refractivity contribution >= 4 is 40.7 Å². The molecule has 7 heteroatoms. The number of imide groups is 1. The third-order valence-electron chi connectivity index (χ3n) is 6.60. The number of carbonyl (C=O) groups is 3. The van der Waals surface area contributed by atoms with Crippen LogP contribution in [0.1, 0.15) is 53.6 Å². The Bertz CT molecular complexity index is 1150. The summed E-state index contributed by atoms with van der Waals surface area (Å²) >= 11 is 6.27. The highest BCUT2D eigenvalue weighted by molar-refractivity contribution is 6.53. The highest BCUT2D eigenvalue weighted by Gasteiger charge is 2.39. The quantitative estimate of drug-likeness (QED) is 0.620. The second kappa shape index (κ2) is 9.40. The van der Waals surface area contributed by atoms with Gasteiger partial charge >= 0.3 is 0 Å². The molecule has 3 amide bonds. The predicted octanol–water partition coefficient (Wildman–Crippen LogP) is 5.14. The van der Waals surface area contributed by atoms with Crippen molar-refractivity contribution in [2.75, 3.05) is 17.3 Å². The van der Waals surface area contributed by atoms with E-state index in [1.165, 1.54) is 6.42 Å². The molecule has 33 heavy (non-hydrogen) atoms. The highest BCUT2D eigenvalue weighted by atomic mass is 35.5. The number of anilines is 2. The molecule has 1 saturated carbocycles. The van der Waals surface area contributed by atoms with Crippen LogP contribution in [0.25, 0.3) is 0 Å². The first-order valence-electron chi connectivity index (χ1n) is 11.3. The molecule has 4 rings (SSSR count). The van der Waals surface area contributed by atoms with Gasteiger partial charge in [-0.1, -0.05) is 43.0 Å². The Labute approximate surface area is 199 Å². The Morgan fingerprint density at radius 3 is 2.42 bits per heavy atom. The second-order valence-electron chi connectivity index (χ2n) is 8.82. The van der Waals surface area contributed by atoms with Gasteiger partial charge in [0.25, 0.3) is 17.7 Å². The Morgan fingerprint density at radius 2 is 1.73 bits per heavy atom. The van der Waals surface area contributed by atoms with E-state index in [0.29, 0.717) is 16.9 Å². The van der Waals surface area contributed by atoms with E-state index < -0.39 is 11.8 Å². The average Bonchev–Trinajstić information content (AvgIpc) is 3.04. The third-order valence-corrected chi connectivity index (χ3v) is 6.95. The fourth-order valence-electron chi connectivity index (χ4n) is 4.42. The van der Waals surface area contributed by atoms with Crippen molar-refractivity contribution in [2.45, 2.75) is 52.0 Å². The van der Waals surface area contributed by atoms with Crippen LogP contribution in [0.4, 0.5) is 11.4 Å². The molecule has 2 aliphatic rings. The molecule has 0 unspecified atom stereocenters. The van der Waals surface area contributed by atoms with E-state index in [2.05, 4.69) is 5.32 Å². The number of rotatable bonds is 5. The van der Waals surface area contributed by atoms with E-state index in [9.17, 15) is 14.4 Å². The van der Waals surface area contributed by atoms with Crippen molar-refractivity contribution in [2.24, 2.45) is 0 Å². The van der Waals surface area contributed by atoms with Crippen molar-refractivity contribution in [3.63, 3.8) is 0 Å². The molecule has 1 N–H and O–H groups in total. The molecule has 0 saturated heterocycles. The van der Waals surface area contributed by atoms with Gasteiger partial charge in [0.05, 0.1) is 5.69 Å². The maximum atomic E-state index is 13.1. The van der Waals surface area contributed by atoms with Gasteiger partial charge in [-0.25, -0.2) is 4.90 Å². The van der Waals surface area contributed by atoms with E-state index in [0.717, 1.165) is 41.7 Å². The fraction of sp³-hybridized carbons (Fsp3) is 0.346. The SMILES string of the molecule is Cc1ccc(N2C(=O)C(Cl)=C(Nc3cccc(C(=O)N(C)C4CCCCC4)c3)C2=O)cc1C. The van der Waals surface area contributed by atoms with Crippen LogP contribution in [0.15, 0.2) is 53.2 Å². The van der Waals surface area contributed by atoms with Crippen LogP contribution in [0.3, 0.4) is 0 Å². The first-order valence-corrected chi connectivity index (χ1v) is 11.7. The smallest absolute Gasteiger partial charge is 0.283 e. The number of aryl methyl sites for hydroxylation is 2. The van der Waals surface area contributed by atoms with Gasteiger partial charge in [-0.15, -0.1) is 0 Å². The van der Waals surface area contributed by atoms with Crippen LogP contribution in [0.2, 0.25) is 0 Å². The molecule has 1 aliphatic carbocycles. The van der Waals surface area contributed by atoms with Crippen LogP contribution < -0.4 is 10.2 Å². The zero-order valence-corrected chi connectivity index (χ0v) is 19.9. The highest BCUT2D eigenvalue weighted by Crippen LogP contribution is 2.31. The average molecular weight is 466 g/mol. The minimum atomic E-state index is -0.573. The van der Waals surface area contributed by atoms with Crippen molar-refractivity contribution in [3.8, 4) is 0 Å². The van der Waals surface area contributed by atoms with Crippen molar-refractivity contribution < 1.29 is 14.4 Å². The summed E-state index contributed by atoms with van der Waals surface area (Å²) in [4.78, 5) is 41.8. The van der Waals surface area contributed by atoms with Crippen LogP contribution in [0, 0.1) is 13.8 Å². The molecule has 0 bridgehead atoms. The predicted molar refractivity (Wildman–Crippen MR) is 130 cm³/mol. The summed E-state index contributed by atoms with van der Waals surface area (Å²) in [6.45, 7) is 3.88. The van der Waals surface area contributed by atoms with E-state index >= 15 is 0 Å². The van der Waals surface area contributed by atoms with Crippen molar-refractivity contribution in [1.82, 2.24) is 4.90 Å². The number of hydrogen-bond acceptors (Lipinski definition) is 4. The summed E-state index contributed by atoms with van der Waals surface area (Å²) in [5.41, 5.74) is 3.56. The fourth-order valence-corrected chi connectivity index (χ4v) is 4.64. The molecule has 2 aromatic rings. The molecule has 0 radical (unpaired) electrons. The van der Waals surface area contributed by atoms with Crippen molar-refractivity contribution in [3.05, 3.63) is 69.9 Å². The lowest BCUT2D eigenvalue weighted by Gasteiger charge is -2.31. The molecule has 0 spiro atoms. The molecular formula is C26H28ClN3O3. The number of amides is 3. The largest absolute Gasteiger partial charge is 0.350 e. The summed E-state index contributed by atoms with van der Waals surface area (Å²) in [5.74, 6) is -1.16. The molecule has 1 heterocycles. The van der Waals surface area contributed by atoms with E-state index in [1.54, 1.807) is 36.4 Å². The number of carbonyl (C=O) groups excluding carboxylic acids is 3. The van der Waals surface area contributed by atoms with E-state index in [1.807, 2.05) is 31.9 Å². The standard InChI is InChI=1S/C26H28ClN3O3/c1-16-12-13-21(14-17(16)2)30-25(32)22(27)23(26(30)33)28-19-9-7-8-18(15-19)24(31)29(3)20-10-5-4-6-11-20/h7-9,12-15,20,28H,4-6,10-11H2,1-3H3. The first kappa shape index (κ1) is 23.1. The van der Waals surface area contributed by atoms with Gasteiger partial charge in [-0.3, -0.25) is 14.4 Å². The second-order valence-corrected chi connectivity index (χ2v) is 9.19. The number of nitrogens with one attached hydrogen (secondary N) is 1. The zero-order valence-electron chi connectivity index (χ0n) is 19.2. The Hall–Kier alpha value is -3.12. The molecule has 1 aliphatic heterocycles. The molecule has 0 aromatic heterocycles. The van der Waals surface area contributed by atoms with E-state index in [4.69, 9.17) is 11.6 Å². The van der Waals surface area contributed by atoms with Crippen LogP contribution >= 0.6 is 11.6 Å².